The minimum atomic E-state index is -1.07. The molecule has 1 unspecified atom stereocenters. The summed E-state index contributed by atoms with van der Waals surface area (Å²) < 4.78 is 18.7. The van der Waals surface area contributed by atoms with E-state index in [0.29, 0.717) is 31.0 Å². The van der Waals surface area contributed by atoms with Crippen LogP contribution in [0.1, 0.15) is 0 Å². The molecule has 1 N–H and O–H groups in total. The Morgan fingerprint density at radius 2 is 2.33 bits per heavy atom. The van der Waals surface area contributed by atoms with Gasteiger partial charge in [-0.15, -0.1) is 0 Å². The summed E-state index contributed by atoms with van der Waals surface area (Å²) in [6, 6.07) is 1.56. The largest absolute Gasteiger partial charge is 0.433 e. The predicted octanol–water partition coefficient (Wildman–Crippen LogP) is 2.17. The zero-order chi connectivity index (χ0) is 15.3. The van der Waals surface area contributed by atoms with Gasteiger partial charge in [-0.05, 0) is 6.04 Å². The van der Waals surface area contributed by atoms with Gasteiger partial charge in [-0.2, -0.15) is 4.98 Å². The molecular weight excluding hydrogens is 310 g/mol. The van der Waals surface area contributed by atoms with Gasteiger partial charge in [0.05, 0.1) is 13.2 Å². The van der Waals surface area contributed by atoms with Crippen LogP contribution in [0.15, 0.2) is 6.20 Å². The van der Waals surface area contributed by atoms with Crippen LogP contribution >= 0.6 is 11.6 Å². The molecule has 1 aromatic rings. The fourth-order valence-corrected chi connectivity index (χ4v) is 2.78. The van der Waals surface area contributed by atoms with Crippen molar-refractivity contribution in [3.8, 4) is 6.01 Å². The van der Waals surface area contributed by atoms with Crippen molar-refractivity contribution in [2.45, 2.75) is 38.7 Å². The van der Waals surface area contributed by atoms with E-state index in [1.165, 1.54) is 0 Å². The Kier molecular flexibility index (Phi) is 6.06. The molecule has 0 bridgehead atoms. The molecule has 120 valence electrons. The van der Waals surface area contributed by atoms with Gasteiger partial charge in [-0.25, -0.2) is 0 Å². The van der Waals surface area contributed by atoms with Crippen molar-refractivity contribution in [2.24, 2.45) is 0 Å². The Morgan fingerprint density at radius 3 is 3.00 bits per heavy atom. The average molecular weight is 334 g/mol. The van der Waals surface area contributed by atoms with Crippen LogP contribution in [0, 0.1) is 0 Å². The highest BCUT2D eigenvalue weighted by atomic mass is 35.5. The Balaban J connectivity index is 1.84. The molecule has 0 amide bonds. The highest BCUT2D eigenvalue weighted by molar-refractivity contribution is 6.76. The Hall–Kier alpha value is -0.603. The monoisotopic (exact) mass is 333 g/mol. The molecule has 0 saturated carbocycles. The summed E-state index contributed by atoms with van der Waals surface area (Å²) in [4.78, 5) is 4.16. The summed E-state index contributed by atoms with van der Waals surface area (Å²) in [5, 5.41) is 3.59. The van der Waals surface area contributed by atoms with Crippen molar-refractivity contribution in [1.29, 1.82) is 0 Å². The molecule has 1 saturated heterocycles. The minimum Gasteiger partial charge on any atom is -0.433 e. The van der Waals surface area contributed by atoms with Crippen LogP contribution in [0.5, 0.6) is 6.01 Å². The van der Waals surface area contributed by atoms with Gasteiger partial charge < -0.3 is 19.5 Å². The first-order valence-corrected chi connectivity index (χ1v) is 11.3. The van der Waals surface area contributed by atoms with Crippen molar-refractivity contribution >= 4 is 19.7 Å². The quantitative estimate of drug-likeness (QED) is 0.612. The summed E-state index contributed by atoms with van der Waals surface area (Å²) in [6.07, 6.45) is 1.37. The van der Waals surface area contributed by atoms with Crippen LogP contribution in [-0.2, 0) is 16.2 Å². The van der Waals surface area contributed by atoms with E-state index < -0.39 is 8.07 Å². The van der Waals surface area contributed by atoms with Crippen LogP contribution in [-0.4, -0.2) is 50.2 Å². The van der Waals surface area contributed by atoms with E-state index in [-0.39, 0.29) is 6.29 Å². The molecule has 0 aromatic carbocycles. The first kappa shape index (κ1) is 16.8. The molecule has 1 aliphatic rings. The second-order valence-corrected chi connectivity index (χ2v) is 12.3. The fourth-order valence-electron chi connectivity index (χ4n) is 1.83. The molecular formula is C13H24ClN3O3Si. The van der Waals surface area contributed by atoms with Gasteiger partial charge >= 0.3 is 6.01 Å². The summed E-state index contributed by atoms with van der Waals surface area (Å²) in [5.74, 6) is 0. The number of aromatic nitrogens is 2. The van der Waals surface area contributed by atoms with E-state index in [1.54, 1.807) is 10.8 Å². The number of imidazole rings is 1. The number of nitrogens with zero attached hydrogens (tertiary/aromatic N) is 2. The zero-order valence-electron chi connectivity index (χ0n) is 12.9. The van der Waals surface area contributed by atoms with Gasteiger partial charge in [0.15, 0.2) is 5.15 Å². The smallest absolute Gasteiger partial charge is 0.302 e. The zero-order valence-corrected chi connectivity index (χ0v) is 14.7. The maximum atomic E-state index is 5.95. The van der Waals surface area contributed by atoms with Crippen molar-refractivity contribution in [3.63, 3.8) is 0 Å². The Labute approximate surface area is 131 Å². The Morgan fingerprint density at radius 1 is 1.52 bits per heavy atom. The maximum absolute atomic E-state index is 5.95. The molecule has 2 rings (SSSR count). The van der Waals surface area contributed by atoms with Crippen LogP contribution < -0.4 is 10.1 Å². The second-order valence-electron chi connectivity index (χ2n) is 6.29. The lowest BCUT2D eigenvalue weighted by Crippen LogP contribution is -2.42. The molecule has 1 atom stereocenters. The predicted molar refractivity (Wildman–Crippen MR) is 84.6 cm³/mol. The fraction of sp³-hybridized carbons (Fsp3) is 0.769. The number of hydrogen-bond donors (Lipinski definition) is 1. The van der Waals surface area contributed by atoms with Gasteiger partial charge in [0, 0.05) is 27.4 Å². The molecule has 21 heavy (non-hydrogen) atoms. The summed E-state index contributed by atoms with van der Waals surface area (Å²) in [5.41, 5.74) is 0. The van der Waals surface area contributed by atoms with Gasteiger partial charge in [0.25, 0.3) is 0 Å². The number of rotatable bonds is 7. The second kappa shape index (κ2) is 7.60. The van der Waals surface area contributed by atoms with E-state index >= 15 is 0 Å². The molecule has 1 aliphatic heterocycles. The van der Waals surface area contributed by atoms with Crippen molar-refractivity contribution in [3.05, 3.63) is 11.3 Å². The first-order valence-electron chi connectivity index (χ1n) is 7.23. The van der Waals surface area contributed by atoms with Gasteiger partial charge in [0.2, 0.25) is 6.29 Å². The van der Waals surface area contributed by atoms with Gasteiger partial charge in [-0.1, -0.05) is 31.2 Å². The van der Waals surface area contributed by atoms with Crippen LogP contribution in [0.2, 0.25) is 30.8 Å². The normalized spacial score (nSPS) is 19.7. The Bertz CT molecular complexity index is 444. The summed E-state index contributed by atoms with van der Waals surface area (Å²) in [6.45, 7) is 10.2. The van der Waals surface area contributed by atoms with Crippen LogP contribution in [0.3, 0.4) is 0 Å². The van der Waals surface area contributed by atoms with E-state index in [2.05, 4.69) is 29.9 Å². The van der Waals surface area contributed by atoms with Crippen molar-refractivity contribution in [2.75, 3.05) is 26.3 Å². The topological polar surface area (TPSA) is 57.5 Å². The molecule has 0 aliphatic carbocycles. The summed E-state index contributed by atoms with van der Waals surface area (Å²) >= 11 is 5.95. The lowest BCUT2D eigenvalue weighted by molar-refractivity contribution is -0.102. The number of morpholine rings is 1. The molecule has 8 heteroatoms. The lowest BCUT2D eigenvalue weighted by Gasteiger charge is -2.24. The number of ether oxygens (including phenoxy) is 3. The van der Waals surface area contributed by atoms with Gasteiger partial charge in [-0.3, -0.25) is 4.57 Å². The number of nitrogens with one attached hydrogen (secondary N) is 1. The molecule has 0 spiro atoms. The number of halogens is 1. The third-order valence-electron chi connectivity index (χ3n) is 3.07. The SMILES string of the molecule is C[Si](C)(C)CCOCn1cc(Cl)nc1OC1CNCCO1. The third kappa shape index (κ3) is 5.96. The first-order chi connectivity index (χ1) is 9.94. The maximum Gasteiger partial charge on any atom is 0.302 e. The molecule has 1 fully saturated rings. The molecule has 2 heterocycles. The highest BCUT2D eigenvalue weighted by Crippen LogP contribution is 2.18. The average Bonchev–Trinajstić information content (AvgIpc) is 2.75. The lowest BCUT2D eigenvalue weighted by atomic mass is 10.5. The van der Waals surface area contributed by atoms with Crippen molar-refractivity contribution in [1.82, 2.24) is 14.9 Å². The molecule has 6 nitrogen and oxygen atoms in total. The van der Waals surface area contributed by atoms with Crippen molar-refractivity contribution < 1.29 is 14.2 Å². The molecule has 0 radical (unpaired) electrons. The van der Waals surface area contributed by atoms with E-state index in [1.807, 2.05) is 0 Å². The minimum absolute atomic E-state index is 0.335. The summed E-state index contributed by atoms with van der Waals surface area (Å²) in [7, 11) is -1.07. The highest BCUT2D eigenvalue weighted by Gasteiger charge is 2.19. The standard InChI is InChI=1S/C13H24ClN3O3Si/c1-21(2,3)7-6-18-10-17-9-11(14)16-13(17)20-12-8-15-4-5-19-12/h9,12,15H,4-8,10H2,1-3H3. The third-order valence-corrected chi connectivity index (χ3v) is 4.95. The number of hydrogen-bond acceptors (Lipinski definition) is 5. The van der Waals surface area contributed by atoms with Gasteiger partial charge in [0.1, 0.15) is 6.73 Å². The van der Waals surface area contributed by atoms with E-state index in [9.17, 15) is 0 Å². The van der Waals surface area contributed by atoms with Crippen LogP contribution in [0.25, 0.3) is 0 Å². The molecule has 1 aromatic heterocycles. The van der Waals surface area contributed by atoms with E-state index in [4.69, 9.17) is 25.8 Å². The van der Waals surface area contributed by atoms with Crippen LogP contribution in [0.4, 0.5) is 0 Å². The van der Waals surface area contributed by atoms with E-state index in [0.717, 1.165) is 19.2 Å².